The van der Waals surface area contributed by atoms with Gasteiger partial charge in [0, 0.05) is 18.7 Å². The lowest BCUT2D eigenvalue weighted by molar-refractivity contribution is -0.141. The Morgan fingerprint density at radius 3 is 2.58 bits per heavy atom. The molecule has 2 rings (SSSR count). The van der Waals surface area contributed by atoms with E-state index in [1.807, 2.05) is 0 Å². The number of carbonyl (C=O) groups excluding carboxylic acids is 2. The van der Waals surface area contributed by atoms with Gasteiger partial charge in [-0.25, -0.2) is 13.2 Å². The Morgan fingerprint density at radius 2 is 2.08 bits per heavy atom. The maximum absolute atomic E-state index is 12.6. The van der Waals surface area contributed by atoms with Gasteiger partial charge in [-0.05, 0) is 32.4 Å². The molecule has 2 atom stereocenters. The minimum atomic E-state index is -3.13. The molecular weight excluding hydrogens is 362 g/mol. The molecule has 1 aliphatic heterocycles. The quantitative estimate of drug-likeness (QED) is 0.727. The summed E-state index contributed by atoms with van der Waals surface area (Å²) < 4.78 is 33.4. The van der Waals surface area contributed by atoms with Gasteiger partial charge in [0.05, 0.1) is 18.6 Å². The van der Waals surface area contributed by atoms with Crippen LogP contribution in [0.3, 0.4) is 0 Å². The van der Waals surface area contributed by atoms with Crippen LogP contribution in [-0.4, -0.2) is 67.6 Å². The highest BCUT2D eigenvalue weighted by Gasteiger charge is 2.36. The number of esters is 1. The normalized spacial score (nSPS) is 19.6. The molecule has 144 valence electrons. The monoisotopic (exact) mass is 385 g/mol. The lowest BCUT2D eigenvalue weighted by atomic mass is 10.2. The van der Waals surface area contributed by atoms with E-state index in [4.69, 9.17) is 9.47 Å². The molecule has 0 bridgehead atoms. The van der Waals surface area contributed by atoms with Crippen molar-refractivity contribution >= 4 is 21.7 Å². The van der Waals surface area contributed by atoms with E-state index in [1.165, 1.54) is 37.1 Å². The van der Waals surface area contributed by atoms with Crippen molar-refractivity contribution in [1.82, 2.24) is 4.90 Å². The van der Waals surface area contributed by atoms with Crippen LogP contribution in [-0.2, 0) is 19.4 Å². The highest BCUT2D eigenvalue weighted by Crippen LogP contribution is 2.25. The van der Waals surface area contributed by atoms with E-state index >= 15 is 0 Å². The fourth-order valence-electron chi connectivity index (χ4n) is 2.93. The number of amides is 1. The van der Waals surface area contributed by atoms with Crippen molar-refractivity contribution < 1.29 is 32.6 Å². The summed E-state index contributed by atoms with van der Waals surface area (Å²) in [6.45, 7) is 3.48. The molecule has 1 saturated heterocycles. The zero-order valence-corrected chi connectivity index (χ0v) is 15.8. The summed E-state index contributed by atoms with van der Waals surface area (Å²) in [5.74, 6) is -1.27. The number of carbonyl (C=O) groups is 2. The first-order valence-electron chi connectivity index (χ1n) is 8.27. The zero-order valence-electron chi connectivity index (χ0n) is 15.0. The SMILES string of the molecule is CCN(C(=O)[C@@H](C)OC(=O)c1ccc(OC)cc1O)[C@H]1CCS(=O)(=O)C1. The van der Waals surface area contributed by atoms with Gasteiger partial charge in [0.15, 0.2) is 15.9 Å². The lowest BCUT2D eigenvalue weighted by Gasteiger charge is -2.29. The number of phenolic OH excluding ortho intramolecular Hbond substituents is 1. The van der Waals surface area contributed by atoms with Crippen LogP contribution in [0.4, 0.5) is 0 Å². The molecule has 26 heavy (non-hydrogen) atoms. The standard InChI is InChI=1S/C17H23NO7S/c1-4-18(12-7-8-26(22,23)10-12)16(20)11(2)25-17(21)14-6-5-13(24-3)9-15(14)19/h5-6,9,11-12,19H,4,7-8,10H2,1-3H3/t11-,12+/m1/s1. The Hall–Kier alpha value is -2.29. The van der Waals surface area contributed by atoms with Crippen molar-refractivity contribution in [2.45, 2.75) is 32.4 Å². The van der Waals surface area contributed by atoms with Crippen molar-refractivity contribution in [3.05, 3.63) is 23.8 Å². The van der Waals surface area contributed by atoms with Gasteiger partial charge in [-0.1, -0.05) is 0 Å². The average molecular weight is 385 g/mol. The summed E-state index contributed by atoms with van der Waals surface area (Å²) in [4.78, 5) is 26.2. The fraction of sp³-hybridized carbons (Fsp3) is 0.529. The number of phenols is 1. The number of rotatable bonds is 6. The molecule has 1 fully saturated rings. The lowest BCUT2D eigenvalue weighted by Crippen LogP contribution is -2.46. The second kappa shape index (κ2) is 7.94. The number of ether oxygens (including phenoxy) is 2. The van der Waals surface area contributed by atoms with Crippen molar-refractivity contribution in [2.75, 3.05) is 25.2 Å². The molecule has 1 aliphatic rings. The summed E-state index contributed by atoms with van der Waals surface area (Å²) in [6, 6.07) is 3.69. The van der Waals surface area contributed by atoms with E-state index in [2.05, 4.69) is 0 Å². The number of hydrogen-bond acceptors (Lipinski definition) is 7. The summed E-state index contributed by atoms with van der Waals surface area (Å²) in [6.07, 6.45) is -0.728. The first-order valence-corrected chi connectivity index (χ1v) is 10.1. The zero-order chi connectivity index (χ0) is 19.5. The van der Waals surface area contributed by atoms with E-state index < -0.39 is 33.9 Å². The van der Waals surface area contributed by atoms with E-state index in [0.29, 0.717) is 18.7 Å². The number of benzene rings is 1. The summed E-state index contributed by atoms with van der Waals surface area (Å²) >= 11 is 0. The van der Waals surface area contributed by atoms with Gasteiger partial charge in [0.25, 0.3) is 5.91 Å². The molecule has 1 amide bonds. The molecule has 0 aliphatic carbocycles. The van der Waals surface area contributed by atoms with Gasteiger partial charge in [0.1, 0.15) is 17.1 Å². The van der Waals surface area contributed by atoms with E-state index in [9.17, 15) is 23.1 Å². The van der Waals surface area contributed by atoms with Crippen molar-refractivity contribution in [3.8, 4) is 11.5 Å². The predicted octanol–water partition coefficient (Wildman–Crippen LogP) is 0.982. The molecule has 9 heteroatoms. The second-order valence-corrected chi connectivity index (χ2v) is 8.34. The first-order chi connectivity index (χ1) is 12.2. The van der Waals surface area contributed by atoms with Crippen LogP contribution in [0.15, 0.2) is 18.2 Å². The number of sulfone groups is 1. The third-order valence-corrected chi connectivity index (χ3v) is 6.08. The third kappa shape index (κ3) is 4.46. The molecule has 0 spiro atoms. The smallest absolute Gasteiger partial charge is 0.342 e. The Kier molecular flexibility index (Phi) is 6.12. The van der Waals surface area contributed by atoms with Crippen LogP contribution in [0.5, 0.6) is 11.5 Å². The van der Waals surface area contributed by atoms with Crippen LogP contribution >= 0.6 is 0 Å². The van der Waals surface area contributed by atoms with Gasteiger partial charge in [-0.15, -0.1) is 0 Å². The summed E-state index contributed by atoms with van der Waals surface area (Å²) in [5.41, 5.74) is -0.0862. The highest BCUT2D eigenvalue weighted by atomic mass is 32.2. The Bertz CT molecular complexity index is 790. The molecule has 0 unspecified atom stereocenters. The molecule has 0 aromatic heterocycles. The minimum absolute atomic E-state index is 0.0509. The minimum Gasteiger partial charge on any atom is -0.507 e. The Balaban J connectivity index is 2.06. The van der Waals surface area contributed by atoms with Gasteiger partial charge in [0.2, 0.25) is 0 Å². The average Bonchev–Trinajstić information content (AvgIpc) is 2.94. The molecule has 1 aromatic carbocycles. The second-order valence-electron chi connectivity index (χ2n) is 6.11. The largest absolute Gasteiger partial charge is 0.507 e. The maximum Gasteiger partial charge on any atom is 0.342 e. The van der Waals surface area contributed by atoms with Crippen molar-refractivity contribution in [2.24, 2.45) is 0 Å². The van der Waals surface area contributed by atoms with Gasteiger partial charge < -0.3 is 19.5 Å². The van der Waals surface area contributed by atoms with Gasteiger partial charge in [-0.2, -0.15) is 0 Å². The molecular formula is C17H23NO7S. The molecule has 1 N–H and O–H groups in total. The Morgan fingerprint density at radius 1 is 1.38 bits per heavy atom. The molecule has 1 aromatic rings. The number of aromatic hydroxyl groups is 1. The number of nitrogens with zero attached hydrogens (tertiary/aromatic N) is 1. The van der Waals surface area contributed by atoms with Crippen LogP contribution in [0, 0.1) is 0 Å². The van der Waals surface area contributed by atoms with E-state index in [-0.39, 0.29) is 22.8 Å². The molecule has 1 heterocycles. The molecule has 0 radical (unpaired) electrons. The van der Waals surface area contributed by atoms with Crippen LogP contribution in [0.2, 0.25) is 0 Å². The molecule has 8 nitrogen and oxygen atoms in total. The van der Waals surface area contributed by atoms with Gasteiger partial charge in [-0.3, -0.25) is 4.79 Å². The highest BCUT2D eigenvalue weighted by molar-refractivity contribution is 7.91. The predicted molar refractivity (Wildman–Crippen MR) is 94.0 cm³/mol. The Labute approximate surface area is 152 Å². The van der Waals surface area contributed by atoms with E-state index in [0.717, 1.165) is 0 Å². The summed E-state index contributed by atoms with van der Waals surface area (Å²) in [7, 11) is -1.71. The number of methoxy groups -OCH3 is 1. The third-order valence-electron chi connectivity index (χ3n) is 4.33. The maximum atomic E-state index is 12.6. The van der Waals surface area contributed by atoms with Crippen LogP contribution < -0.4 is 4.74 Å². The van der Waals surface area contributed by atoms with Crippen molar-refractivity contribution in [3.63, 3.8) is 0 Å². The number of hydrogen-bond donors (Lipinski definition) is 1. The van der Waals surface area contributed by atoms with Crippen LogP contribution in [0.1, 0.15) is 30.6 Å². The molecule has 0 saturated carbocycles. The number of likely N-dealkylation sites (N-methyl/N-ethyl adjacent to an activating group) is 1. The van der Waals surface area contributed by atoms with Crippen molar-refractivity contribution in [1.29, 1.82) is 0 Å². The van der Waals surface area contributed by atoms with E-state index in [1.54, 1.807) is 6.92 Å². The van der Waals surface area contributed by atoms with Gasteiger partial charge >= 0.3 is 5.97 Å². The van der Waals surface area contributed by atoms with Crippen LogP contribution in [0.25, 0.3) is 0 Å². The summed E-state index contributed by atoms with van der Waals surface area (Å²) in [5, 5.41) is 9.89. The topological polar surface area (TPSA) is 110 Å². The first kappa shape index (κ1) is 20.0. The fourth-order valence-corrected chi connectivity index (χ4v) is 4.66.